The maximum absolute atomic E-state index is 10.9. The second-order valence-corrected chi connectivity index (χ2v) is 4.29. The van der Waals surface area contributed by atoms with Crippen LogP contribution in [0.1, 0.15) is 22.8 Å². The molecule has 0 amide bonds. The van der Waals surface area contributed by atoms with E-state index >= 15 is 0 Å². The summed E-state index contributed by atoms with van der Waals surface area (Å²) in [5.74, 6) is -1.02. The number of hydrogen-bond acceptors (Lipinski definition) is 3. The zero-order chi connectivity index (χ0) is 13.8. The first-order valence-corrected chi connectivity index (χ1v) is 6.09. The summed E-state index contributed by atoms with van der Waals surface area (Å²) in [7, 11) is 0. The van der Waals surface area contributed by atoms with Crippen molar-refractivity contribution in [1.82, 2.24) is 0 Å². The first-order chi connectivity index (χ1) is 9.10. The number of nitrogen functional groups attached to an aromatic ring is 1. The molecule has 0 aliphatic rings. The normalized spacial score (nSPS) is 10.2. The third-order valence-corrected chi connectivity index (χ3v) is 2.91. The lowest BCUT2D eigenvalue weighted by molar-refractivity contribution is 0.0698. The van der Waals surface area contributed by atoms with Crippen LogP contribution in [-0.2, 0) is 6.42 Å². The van der Waals surface area contributed by atoms with E-state index < -0.39 is 5.97 Å². The molecule has 0 unspecified atom stereocenters. The molecule has 2 rings (SSSR count). The molecule has 0 saturated carbocycles. The van der Waals surface area contributed by atoms with Gasteiger partial charge in [0.05, 0.1) is 5.56 Å². The molecule has 0 aliphatic carbocycles. The molecule has 0 radical (unpaired) electrons. The van der Waals surface area contributed by atoms with Crippen LogP contribution in [0.3, 0.4) is 0 Å². The van der Waals surface area contributed by atoms with E-state index in [9.17, 15) is 4.79 Å². The van der Waals surface area contributed by atoms with E-state index in [0.717, 1.165) is 17.8 Å². The second-order valence-electron chi connectivity index (χ2n) is 4.29. The molecule has 0 spiro atoms. The minimum absolute atomic E-state index is 0.118. The van der Waals surface area contributed by atoms with Crippen molar-refractivity contribution in [2.45, 2.75) is 13.3 Å². The molecule has 4 heteroatoms. The zero-order valence-electron chi connectivity index (χ0n) is 10.7. The number of hydrogen-bond donors (Lipinski definition) is 3. The van der Waals surface area contributed by atoms with Gasteiger partial charge < -0.3 is 16.2 Å². The van der Waals surface area contributed by atoms with E-state index in [4.69, 9.17) is 10.8 Å². The van der Waals surface area contributed by atoms with E-state index in [0.29, 0.717) is 0 Å². The Morgan fingerprint density at radius 2 is 1.95 bits per heavy atom. The van der Waals surface area contributed by atoms with Gasteiger partial charge in [0.2, 0.25) is 0 Å². The van der Waals surface area contributed by atoms with Crippen LogP contribution in [0.2, 0.25) is 0 Å². The van der Waals surface area contributed by atoms with Crippen molar-refractivity contribution < 1.29 is 9.90 Å². The molecule has 0 aliphatic heterocycles. The van der Waals surface area contributed by atoms with Gasteiger partial charge in [0, 0.05) is 17.1 Å². The molecule has 0 heterocycles. The van der Waals surface area contributed by atoms with Gasteiger partial charge in [0.1, 0.15) is 0 Å². The standard InChI is InChI=1S/C15H16N2O2/c1-2-10-4-3-5-11(8-10)17-12-6-7-13(15(18)19)14(16)9-12/h3-9,17H,2,16H2,1H3,(H,18,19). The Hall–Kier alpha value is -2.49. The Balaban J connectivity index is 2.23. The summed E-state index contributed by atoms with van der Waals surface area (Å²) in [4.78, 5) is 10.9. The number of aromatic carboxylic acids is 1. The third-order valence-electron chi connectivity index (χ3n) is 2.91. The van der Waals surface area contributed by atoms with Gasteiger partial charge in [-0.15, -0.1) is 0 Å². The number of benzene rings is 2. The van der Waals surface area contributed by atoms with E-state index in [1.165, 1.54) is 11.6 Å². The Labute approximate surface area is 111 Å². The van der Waals surface area contributed by atoms with Gasteiger partial charge in [0.25, 0.3) is 0 Å². The molecule has 0 saturated heterocycles. The van der Waals surface area contributed by atoms with Crippen LogP contribution in [0.15, 0.2) is 42.5 Å². The van der Waals surface area contributed by atoms with Crippen LogP contribution in [0.4, 0.5) is 17.1 Å². The molecular formula is C15H16N2O2. The number of aryl methyl sites for hydroxylation is 1. The van der Waals surface area contributed by atoms with Gasteiger partial charge in [-0.05, 0) is 42.3 Å². The molecule has 4 nitrogen and oxygen atoms in total. The average molecular weight is 256 g/mol. The summed E-state index contributed by atoms with van der Waals surface area (Å²) in [5.41, 5.74) is 9.05. The number of nitrogens with two attached hydrogens (primary N) is 1. The van der Waals surface area contributed by atoms with Gasteiger partial charge >= 0.3 is 5.97 Å². The van der Waals surface area contributed by atoms with Gasteiger partial charge in [-0.1, -0.05) is 19.1 Å². The molecule has 0 aromatic heterocycles. The highest BCUT2D eigenvalue weighted by molar-refractivity contribution is 5.94. The predicted molar refractivity (Wildman–Crippen MR) is 76.9 cm³/mol. The molecule has 98 valence electrons. The minimum atomic E-state index is -1.02. The summed E-state index contributed by atoms with van der Waals surface area (Å²) in [5, 5.41) is 12.1. The molecule has 4 N–H and O–H groups in total. The first kappa shape index (κ1) is 13.0. The summed E-state index contributed by atoms with van der Waals surface area (Å²) < 4.78 is 0. The lowest BCUT2D eigenvalue weighted by Crippen LogP contribution is -2.03. The molecule has 2 aromatic rings. The van der Waals surface area contributed by atoms with Crippen molar-refractivity contribution in [3.63, 3.8) is 0 Å². The van der Waals surface area contributed by atoms with E-state index in [1.54, 1.807) is 12.1 Å². The average Bonchev–Trinajstić information content (AvgIpc) is 2.38. The predicted octanol–water partition coefficient (Wildman–Crippen LogP) is 3.27. The molecule has 0 bridgehead atoms. The number of rotatable bonds is 4. The summed E-state index contributed by atoms with van der Waals surface area (Å²) in [6, 6.07) is 12.9. The van der Waals surface area contributed by atoms with E-state index in [2.05, 4.69) is 24.4 Å². The van der Waals surface area contributed by atoms with Crippen molar-refractivity contribution >= 4 is 23.0 Å². The largest absolute Gasteiger partial charge is 0.478 e. The maximum atomic E-state index is 10.9. The number of anilines is 3. The van der Waals surface area contributed by atoms with Crippen molar-refractivity contribution in [2.75, 3.05) is 11.1 Å². The number of carbonyl (C=O) groups is 1. The monoisotopic (exact) mass is 256 g/mol. The Morgan fingerprint density at radius 1 is 1.21 bits per heavy atom. The van der Waals surface area contributed by atoms with Crippen LogP contribution < -0.4 is 11.1 Å². The van der Waals surface area contributed by atoms with Crippen LogP contribution in [0, 0.1) is 0 Å². The summed E-state index contributed by atoms with van der Waals surface area (Å²) in [6.07, 6.45) is 0.968. The molecule has 0 atom stereocenters. The van der Waals surface area contributed by atoms with Gasteiger partial charge in [-0.3, -0.25) is 0 Å². The number of nitrogens with one attached hydrogen (secondary N) is 1. The van der Waals surface area contributed by atoms with E-state index in [1.807, 2.05) is 12.1 Å². The first-order valence-electron chi connectivity index (χ1n) is 6.09. The smallest absolute Gasteiger partial charge is 0.337 e. The summed E-state index contributed by atoms with van der Waals surface area (Å²) in [6.45, 7) is 2.10. The Bertz CT molecular complexity index is 609. The Morgan fingerprint density at radius 3 is 2.58 bits per heavy atom. The molecule has 19 heavy (non-hydrogen) atoms. The zero-order valence-corrected chi connectivity index (χ0v) is 10.7. The highest BCUT2D eigenvalue weighted by Gasteiger charge is 2.07. The van der Waals surface area contributed by atoms with Crippen molar-refractivity contribution in [2.24, 2.45) is 0 Å². The Kier molecular flexibility index (Phi) is 3.71. The maximum Gasteiger partial charge on any atom is 0.337 e. The fraction of sp³-hybridized carbons (Fsp3) is 0.133. The molecule has 2 aromatic carbocycles. The summed E-state index contributed by atoms with van der Waals surface area (Å²) >= 11 is 0. The van der Waals surface area contributed by atoms with Gasteiger partial charge in [-0.2, -0.15) is 0 Å². The number of carboxylic acid groups (broad SMARTS) is 1. The quantitative estimate of drug-likeness (QED) is 0.734. The minimum Gasteiger partial charge on any atom is -0.478 e. The SMILES string of the molecule is CCc1cccc(Nc2ccc(C(=O)O)c(N)c2)c1. The lowest BCUT2D eigenvalue weighted by atomic mass is 10.1. The van der Waals surface area contributed by atoms with Crippen molar-refractivity contribution in [3.05, 3.63) is 53.6 Å². The molecular weight excluding hydrogens is 240 g/mol. The van der Waals surface area contributed by atoms with Crippen molar-refractivity contribution in [1.29, 1.82) is 0 Å². The van der Waals surface area contributed by atoms with Gasteiger partial charge in [0.15, 0.2) is 0 Å². The van der Waals surface area contributed by atoms with Crippen LogP contribution in [0.5, 0.6) is 0 Å². The molecule has 0 fully saturated rings. The highest BCUT2D eigenvalue weighted by Crippen LogP contribution is 2.22. The third kappa shape index (κ3) is 3.04. The van der Waals surface area contributed by atoms with Crippen LogP contribution in [0.25, 0.3) is 0 Å². The van der Waals surface area contributed by atoms with Crippen LogP contribution in [-0.4, -0.2) is 11.1 Å². The van der Waals surface area contributed by atoms with Crippen molar-refractivity contribution in [3.8, 4) is 0 Å². The fourth-order valence-electron chi connectivity index (χ4n) is 1.87. The lowest BCUT2D eigenvalue weighted by Gasteiger charge is -2.09. The van der Waals surface area contributed by atoms with Gasteiger partial charge in [-0.25, -0.2) is 4.79 Å². The fourth-order valence-corrected chi connectivity index (χ4v) is 1.87. The second kappa shape index (κ2) is 5.44. The topological polar surface area (TPSA) is 75.3 Å². The van der Waals surface area contributed by atoms with Crippen LogP contribution >= 0.6 is 0 Å². The number of carboxylic acids is 1. The van der Waals surface area contributed by atoms with E-state index in [-0.39, 0.29) is 11.3 Å². The highest BCUT2D eigenvalue weighted by atomic mass is 16.4.